The Morgan fingerprint density at radius 2 is 1.83 bits per heavy atom. The van der Waals surface area contributed by atoms with Crippen molar-refractivity contribution in [1.29, 1.82) is 0 Å². The second-order valence-electron chi connectivity index (χ2n) is 6.80. The van der Waals surface area contributed by atoms with Crippen LogP contribution in [0.15, 0.2) is 24.3 Å². The van der Waals surface area contributed by atoms with Crippen LogP contribution in [0.4, 0.5) is 5.69 Å². The fourth-order valence-electron chi connectivity index (χ4n) is 3.69. The second-order valence-corrected chi connectivity index (χ2v) is 7.24. The van der Waals surface area contributed by atoms with Gasteiger partial charge in [-0.3, -0.25) is 4.90 Å². The number of nitrogens with zero attached hydrogens (tertiary/aromatic N) is 3. The van der Waals surface area contributed by atoms with E-state index in [1.54, 1.807) is 0 Å². The number of rotatable bonds is 6. The molecule has 0 radical (unpaired) electrons. The maximum absolute atomic E-state index is 9.20. The maximum atomic E-state index is 9.20. The zero-order valence-corrected chi connectivity index (χ0v) is 14.6. The van der Waals surface area contributed by atoms with E-state index in [0.717, 1.165) is 50.7 Å². The zero-order valence-electron chi connectivity index (χ0n) is 13.8. The van der Waals surface area contributed by atoms with Crippen LogP contribution in [-0.2, 0) is 0 Å². The number of piperazine rings is 1. The highest BCUT2D eigenvalue weighted by Crippen LogP contribution is 2.21. The molecule has 1 aromatic rings. The third-order valence-corrected chi connectivity index (χ3v) is 5.36. The largest absolute Gasteiger partial charge is 0.396 e. The average molecular weight is 338 g/mol. The summed E-state index contributed by atoms with van der Waals surface area (Å²) in [4.78, 5) is 7.50. The molecule has 0 saturated carbocycles. The minimum Gasteiger partial charge on any atom is -0.396 e. The molecular weight excluding hydrogens is 310 g/mol. The summed E-state index contributed by atoms with van der Waals surface area (Å²) in [7, 11) is 0. The van der Waals surface area contributed by atoms with Crippen molar-refractivity contribution in [3.63, 3.8) is 0 Å². The van der Waals surface area contributed by atoms with Crippen LogP contribution >= 0.6 is 11.6 Å². The summed E-state index contributed by atoms with van der Waals surface area (Å²) in [6.45, 7) is 9.37. The number of likely N-dealkylation sites (tertiary alicyclic amines) is 1. The number of hydrogen-bond acceptors (Lipinski definition) is 4. The van der Waals surface area contributed by atoms with E-state index in [1.807, 2.05) is 12.1 Å². The SMILES string of the molecule is OCC1CCN(CCCN2CCN(c3cccc(Cl)c3)CC2)C1. The monoisotopic (exact) mass is 337 g/mol. The van der Waals surface area contributed by atoms with Gasteiger partial charge in [-0.25, -0.2) is 0 Å². The first kappa shape index (κ1) is 17.0. The Hall–Kier alpha value is -0.810. The van der Waals surface area contributed by atoms with Crippen LogP contribution in [0.1, 0.15) is 12.8 Å². The minimum atomic E-state index is 0.349. The van der Waals surface area contributed by atoms with E-state index in [2.05, 4.69) is 26.8 Å². The standard InChI is InChI=1S/C18H28ClN3O/c19-17-3-1-4-18(13-17)22-11-9-20(10-12-22)6-2-7-21-8-5-16(14-21)15-23/h1,3-4,13,16,23H,2,5-12,14-15H2. The molecule has 2 heterocycles. The Bertz CT molecular complexity index is 491. The molecule has 0 spiro atoms. The highest BCUT2D eigenvalue weighted by atomic mass is 35.5. The van der Waals surface area contributed by atoms with Gasteiger partial charge in [-0.1, -0.05) is 17.7 Å². The maximum Gasteiger partial charge on any atom is 0.0471 e. The van der Waals surface area contributed by atoms with Crippen LogP contribution in [-0.4, -0.2) is 73.9 Å². The molecule has 128 valence electrons. The molecule has 0 aromatic heterocycles. The van der Waals surface area contributed by atoms with Gasteiger partial charge in [0.15, 0.2) is 0 Å². The Labute approximate surface area is 144 Å². The first-order valence-electron chi connectivity index (χ1n) is 8.80. The van der Waals surface area contributed by atoms with Gasteiger partial charge in [-0.15, -0.1) is 0 Å². The lowest BCUT2D eigenvalue weighted by Gasteiger charge is -2.36. The quantitative estimate of drug-likeness (QED) is 0.861. The summed E-state index contributed by atoms with van der Waals surface area (Å²) in [5, 5.41) is 10.0. The molecule has 2 aliphatic heterocycles. The molecule has 1 N–H and O–H groups in total. The fraction of sp³-hybridized carbons (Fsp3) is 0.667. The van der Waals surface area contributed by atoms with E-state index in [-0.39, 0.29) is 0 Å². The van der Waals surface area contributed by atoms with E-state index in [0.29, 0.717) is 12.5 Å². The third kappa shape index (κ3) is 4.83. The second kappa shape index (κ2) is 8.34. The van der Waals surface area contributed by atoms with Gasteiger partial charge in [0.05, 0.1) is 0 Å². The summed E-state index contributed by atoms with van der Waals surface area (Å²) in [6.07, 6.45) is 2.39. The Morgan fingerprint density at radius 1 is 1.04 bits per heavy atom. The van der Waals surface area contributed by atoms with Gasteiger partial charge in [0, 0.05) is 50.0 Å². The zero-order chi connectivity index (χ0) is 16.1. The fourth-order valence-corrected chi connectivity index (χ4v) is 3.87. The summed E-state index contributed by atoms with van der Waals surface area (Å²) in [5.41, 5.74) is 1.24. The average Bonchev–Trinajstić information content (AvgIpc) is 3.03. The van der Waals surface area contributed by atoms with E-state index in [1.165, 1.54) is 25.2 Å². The van der Waals surface area contributed by atoms with Gasteiger partial charge in [-0.05, 0) is 56.6 Å². The number of halogens is 1. The molecule has 0 aliphatic carbocycles. The summed E-state index contributed by atoms with van der Waals surface area (Å²) >= 11 is 6.09. The van der Waals surface area contributed by atoms with Crippen molar-refractivity contribution in [2.24, 2.45) is 5.92 Å². The van der Waals surface area contributed by atoms with Gasteiger partial charge >= 0.3 is 0 Å². The predicted octanol–water partition coefficient (Wildman–Crippen LogP) is 2.17. The van der Waals surface area contributed by atoms with Crippen molar-refractivity contribution < 1.29 is 5.11 Å². The third-order valence-electron chi connectivity index (χ3n) is 5.12. The van der Waals surface area contributed by atoms with Crippen LogP contribution in [0, 0.1) is 5.92 Å². The molecule has 1 atom stereocenters. The van der Waals surface area contributed by atoms with Crippen LogP contribution in [0.25, 0.3) is 0 Å². The molecule has 4 nitrogen and oxygen atoms in total. The molecule has 2 fully saturated rings. The first-order chi connectivity index (χ1) is 11.2. The molecule has 1 unspecified atom stereocenters. The summed E-state index contributed by atoms with van der Waals surface area (Å²) < 4.78 is 0. The minimum absolute atomic E-state index is 0.349. The van der Waals surface area contributed by atoms with Gasteiger partial charge in [0.1, 0.15) is 0 Å². The van der Waals surface area contributed by atoms with E-state index in [9.17, 15) is 5.11 Å². The van der Waals surface area contributed by atoms with E-state index >= 15 is 0 Å². The lowest BCUT2D eigenvalue weighted by Crippen LogP contribution is -2.47. The number of anilines is 1. The highest BCUT2D eigenvalue weighted by molar-refractivity contribution is 6.30. The number of aliphatic hydroxyl groups excluding tert-OH is 1. The molecule has 2 saturated heterocycles. The topological polar surface area (TPSA) is 30.0 Å². The Balaban J connectivity index is 1.35. The lowest BCUT2D eigenvalue weighted by atomic mass is 10.1. The van der Waals surface area contributed by atoms with Crippen LogP contribution in [0.3, 0.4) is 0 Å². The smallest absolute Gasteiger partial charge is 0.0471 e. The normalized spacial score (nSPS) is 23.6. The van der Waals surface area contributed by atoms with Crippen LogP contribution < -0.4 is 4.90 Å². The molecule has 1 aromatic carbocycles. The number of hydrogen-bond donors (Lipinski definition) is 1. The number of benzene rings is 1. The molecule has 2 aliphatic rings. The van der Waals surface area contributed by atoms with Crippen molar-refractivity contribution in [2.45, 2.75) is 12.8 Å². The van der Waals surface area contributed by atoms with Crippen LogP contribution in [0.2, 0.25) is 5.02 Å². The summed E-state index contributed by atoms with van der Waals surface area (Å²) in [6, 6.07) is 8.16. The van der Waals surface area contributed by atoms with Gasteiger partial charge < -0.3 is 14.9 Å². The molecule has 0 bridgehead atoms. The van der Waals surface area contributed by atoms with E-state index < -0.39 is 0 Å². The van der Waals surface area contributed by atoms with Crippen LogP contribution in [0.5, 0.6) is 0 Å². The summed E-state index contributed by atoms with van der Waals surface area (Å²) in [5.74, 6) is 0.510. The molecule has 5 heteroatoms. The van der Waals surface area contributed by atoms with Crippen molar-refractivity contribution in [2.75, 3.05) is 63.9 Å². The van der Waals surface area contributed by atoms with Gasteiger partial charge in [0.25, 0.3) is 0 Å². The Kier molecular flexibility index (Phi) is 6.17. The highest BCUT2D eigenvalue weighted by Gasteiger charge is 2.22. The predicted molar refractivity (Wildman–Crippen MR) is 96.4 cm³/mol. The van der Waals surface area contributed by atoms with Crippen molar-refractivity contribution in [3.05, 3.63) is 29.3 Å². The number of aliphatic hydroxyl groups is 1. The van der Waals surface area contributed by atoms with Gasteiger partial charge in [-0.2, -0.15) is 0 Å². The molecule has 3 rings (SSSR count). The van der Waals surface area contributed by atoms with Crippen molar-refractivity contribution >= 4 is 17.3 Å². The van der Waals surface area contributed by atoms with E-state index in [4.69, 9.17) is 11.6 Å². The van der Waals surface area contributed by atoms with Crippen molar-refractivity contribution in [1.82, 2.24) is 9.80 Å². The molecule has 0 amide bonds. The Morgan fingerprint density at radius 3 is 2.52 bits per heavy atom. The molecule has 23 heavy (non-hydrogen) atoms. The van der Waals surface area contributed by atoms with Gasteiger partial charge in [0.2, 0.25) is 0 Å². The molecular formula is C18H28ClN3O. The lowest BCUT2D eigenvalue weighted by molar-refractivity contribution is 0.211. The van der Waals surface area contributed by atoms with Crippen molar-refractivity contribution in [3.8, 4) is 0 Å². The first-order valence-corrected chi connectivity index (χ1v) is 9.18.